The number of imidazole rings is 1. The Balaban J connectivity index is 1.27. The fraction of sp³-hybridized carbons (Fsp3) is 0.217. The molecule has 7 nitrogen and oxygen atoms in total. The van der Waals surface area contributed by atoms with Crippen molar-refractivity contribution in [3.63, 3.8) is 0 Å². The van der Waals surface area contributed by atoms with Crippen molar-refractivity contribution in [1.82, 2.24) is 19.8 Å². The molecular formula is C23H21FN4O3. The first-order chi connectivity index (χ1) is 15.0. The van der Waals surface area contributed by atoms with Crippen molar-refractivity contribution in [3.8, 4) is 5.69 Å². The monoisotopic (exact) mass is 420 g/mol. The van der Waals surface area contributed by atoms with E-state index in [1.165, 1.54) is 11.0 Å². The molecule has 0 fully saturated rings. The molecule has 3 amide bonds. The third-order valence-corrected chi connectivity index (χ3v) is 5.25. The molecule has 0 saturated heterocycles. The number of hydrogen-bond acceptors (Lipinski definition) is 4. The zero-order valence-corrected chi connectivity index (χ0v) is 17.0. The number of rotatable bonds is 7. The average molecular weight is 420 g/mol. The fourth-order valence-electron chi connectivity index (χ4n) is 3.62. The molecule has 0 saturated carbocycles. The number of carbonyl (C=O) groups is 3. The van der Waals surface area contributed by atoms with Gasteiger partial charge in [-0.1, -0.05) is 18.2 Å². The van der Waals surface area contributed by atoms with Crippen LogP contribution in [0.3, 0.4) is 0 Å². The maximum atomic E-state index is 14.4. The summed E-state index contributed by atoms with van der Waals surface area (Å²) in [5.41, 5.74) is 1.82. The van der Waals surface area contributed by atoms with E-state index in [9.17, 15) is 18.8 Å². The number of nitrogens with one attached hydrogen (secondary N) is 1. The largest absolute Gasteiger partial charge is 0.352 e. The molecule has 31 heavy (non-hydrogen) atoms. The zero-order valence-electron chi connectivity index (χ0n) is 17.0. The fourth-order valence-corrected chi connectivity index (χ4v) is 3.62. The summed E-state index contributed by atoms with van der Waals surface area (Å²) in [4.78, 5) is 42.1. The molecule has 3 aromatic rings. The smallest absolute Gasteiger partial charge is 0.261 e. The van der Waals surface area contributed by atoms with Crippen molar-refractivity contribution in [2.45, 2.75) is 26.3 Å². The van der Waals surface area contributed by atoms with E-state index in [0.717, 1.165) is 0 Å². The van der Waals surface area contributed by atoms with Crippen LogP contribution in [0.1, 0.15) is 44.9 Å². The van der Waals surface area contributed by atoms with Gasteiger partial charge in [-0.2, -0.15) is 0 Å². The number of aryl methyl sites for hydroxylation is 1. The molecule has 1 aliphatic heterocycles. The highest BCUT2D eigenvalue weighted by atomic mass is 19.1. The number of imide groups is 1. The lowest BCUT2D eigenvalue weighted by Crippen LogP contribution is -2.32. The number of nitrogens with zero attached hydrogens (tertiary/aromatic N) is 3. The molecule has 4 rings (SSSR count). The molecule has 158 valence electrons. The Hall–Kier alpha value is -3.81. The summed E-state index contributed by atoms with van der Waals surface area (Å²) in [6, 6.07) is 11.5. The second kappa shape index (κ2) is 8.51. The van der Waals surface area contributed by atoms with Crippen molar-refractivity contribution >= 4 is 17.7 Å². The normalized spacial score (nSPS) is 12.9. The molecule has 1 N–H and O–H groups in total. The summed E-state index contributed by atoms with van der Waals surface area (Å²) < 4.78 is 16.1. The summed E-state index contributed by atoms with van der Waals surface area (Å²) >= 11 is 0. The van der Waals surface area contributed by atoms with Gasteiger partial charge in [-0.3, -0.25) is 19.3 Å². The van der Waals surface area contributed by atoms with E-state index in [1.54, 1.807) is 60.3 Å². The number of fused-ring (bicyclic) bond motifs is 1. The van der Waals surface area contributed by atoms with Crippen molar-refractivity contribution in [3.05, 3.63) is 83.2 Å². The number of amides is 3. The van der Waals surface area contributed by atoms with E-state index in [2.05, 4.69) is 10.3 Å². The van der Waals surface area contributed by atoms with Gasteiger partial charge < -0.3 is 9.88 Å². The van der Waals surface area contributed by atoms with E-state index in [4.69, 9.17) is 0 Å². The zero-order chi connectivity index (χ0) is 22.0. The van der Waals surface area contributed by atoms with Gasteiger partial charge in [0.05, 0.1) is 16.8 Å². The third-order valence-electron chi connectivity index (χ3n) is 5.25. The van der Waals surface area contributed by atoms with Gasteiger partial charge in [-0.05, 0) is 43.2 Å². The Morgan fingerprint density at radius 1 is 1.10 bits per heavy atom. The van der Waals surface area contributed by atoms with Gasteiger partial charge in [0.1, 0.15) is 11.6 Å². The minimum absolute atomic E-state index is 0.155. The molecule has 2 heterocycles. The van der Waals surface area contributed by atoms with Crippen LogP contribution >= 0.6 is 0 Å². The Bertz CT molecular complexity index is 1140. The molecule has 0 bridgehead atoms. The molecule has 8 heteroatoms. The van der Waals surface area contributed by atoms with Crippen molar-refractivity contribution in [2.24, 2.45) is 0 Å². The first kappa shape index (κ1) is 20.5. The number of halogens is 1. The lowest BCUT2D eigenvalue weighted by Gasteiger charge is -2.13. The van der Waals surface area contributed by atoms with Crippen LogP contribution in [-0.2, 0) is 11.3 Å². The highest BCUT2D eigenvalue weighted by molar-refractivity contribution is 6.21. The van der Waals surface area contributed by atoms with E-state index < -0.39 is 5.82 Å². The van der Waals surface area contributed by atoms with Crippen molar-refractivity contribution in [1.29, 1.82) is 0 Å². The Morgan fingerprint density at radius 2 is 1.81 bits per heavy atom. The third kappa shape index (κ3) is 4.09. The van der Waals surface area contributed by atoms with Gasteiger partial charge >= 0.3 is 0 Å². The Morgan fingerprint density at radius 3 is 2.42 bits per heavy atom. The standard InChI is InChI=1S/C23H21FN4O3/c1-15-25-10-12-27(15)20-9-8-16(13-19(20)24)14-26-21(29)7-4-11-28-22(30)17-5-2-3-6-18(17)23(28)31/h2-3,5-6,8-10,12-13H,4,7,11,14H2,1H3,(H,26,29). The highest BCUT2D eigenvalue weighted by Gasteiger charge is 2.34. The van der Waals surface area contributed by atoms with Gasteiger partial charge in [0.25, 0.3) is 11.8 Å². The second-order valence-corrected chi connectivity index (χ2v) is 7.32. The van der Waals surface area contributed by atoms with Crippen LogP contribution in [0.15, 0.2) is 54.9 Å². The van der Waals surface area contributed by atoms with Crippen LogP contribution in [-0.4, -0.2) is 38.7 Å². The second-order valence-electron chi connectivity index (χ2n) is 7.32. The van der Waals surface area contributed by atoms with Crippen LogP contribution in [0, 0.1) is 12.7 Å². The van der Waals surface area contributed by atoms with Crippen LogP contribution < -0.4 is 5.32 Å². The van der Waals surface area contributed by atoms with Gasteiger partial charge in [-0.15, -0.1) is 0 Å². The number of benzene rings is 2. The molecule has 0 atom stereocenters. The van der Waals surface area contributed by atoms with Crippen LogP contribution in [0.25, 0.3) is 5.69 Å². The first-order valence-corrected chi connectivity index (χ1v) is 9.96. The Kier molecular flexibility index (Phi) is 5.62. The molecule has 1 aromatic heterocycles. The SMILES string of the molecule is Cc1nccn1-c1ccc(CNC(=O)CCCN2C(=O)c3ccccc3C2=O)cc1F. The van der Waals surface area contributed by atoms with E-state index in [0.29, 0.717) is 34.6 Å². The van der Waals surface area contributed by atoms with Crippen molar-refractivity contribution in [2.75, 3.05) is 6.54 Å². The van der Waals surface area contributed by atoms with Gasteiger partial charge in [0.15, 0.2) is 0 Å². The molecule has 0 aliphatic carbocycles. The van der Waals surface area contributed by atoms with Gasteiger partial charge in [0.2, 0.25) is 5.91 Å². The predicted molar refractivity (Wildman–Crippen MR) is 111 cm³/mol. The van der Waals surface area contributed by atoms with E-state index in [-0.39, 0.29) is 37.2 Å². The molecule has 0 spiro atoms. The number of carbonyl (C=O) groups excluding carboxylic acids is 3. The van der Waals surface area contributed by atoms with Crippen LogP contribution in [0.2, 0.25) is 0 Å². The molecule has 0 unspecified atom stereocenters. The van der Waals surface area contributed by atoms with Crippen LogP contribution in [0.5, 0.6) is 0 Å². The number of hydrogen-bond donors (Lipinski definition) is 1. The number of aromatic nitrogens is 2. The maximum absolute atomic E-state index is 14.4. The molecular weight excluding hydrogens is 399 g/mol. The predicted octanol–water partition coefficient (Wildman–Crippen LogP) is 3.01. The lowest BCUT2D eigenvalue weighted by molar-refractivity contribution is -0.121. The van der Waals surface area contributed by atoms with Gasteiger partial charge in [-0.25, -0.2) is 9.37 Å². The highest BCUT2D eigenvalue weighted by Crippen LogP contribution is 2.22. The average Bonchev–Trinajstić information content (AvgIpc) is 3.29. The minimum Gasteiger partial charge on any atom is -0.352 e. The minimum atomic E-state index is -0.404. The molecule has 1 aliphatic rings. The van der Waals surface area contributed by atoms with Crippen LogP contribution in [0.4, 0.5) is 4.39 Å². The quantitative estimate of drug-likeness (QED) is 0.596. The summed E-state index contributed by atoms with van der Waals surface area (Å²) in [6.45, 7) is 2.15. The summed E-state index contributed by atoms with van der Waals surface area (Å²) in [5, 5.41) is 2.74. The van der Waals surface area contributed by atoms with Crippen molar-refractivity contribution < 1.29 is 18.8 Å². The summed E-state index contributed by atoms with van der Waals surface area (Å²) in [5.74, 6) is -0.613. The lowest BCUT2D eigenvalue weighted by atomic mass is 10.1. The molecule has 2 aromatic carbocycles. The van der Waals surface area contributed by atoms with E-state index >= 15 is 0 Å². The molecule has 0 radical (unpaired) electrons. The Labute approximate surface area is 178 Å². The summed E-state index contributed by atoms with van der Waals surface area (Å²) in [7, 11) is 0. The summed E-state index contributed by atoms with van der Waals surface area (Å²) in [6.07, 6.45) is 3.79. The van der Waals surface area contributed by atoms with E-state index in [1.807, 2.05) is 0 Å². The topological polar surface area (TPSA) is 84.3 Å². The first-order valence-electron chi connectivity index (χ1n) is 9.96. The van der Waals surface area contributed by atoms with Gasteiger partial charge in [0, 0.05) is 31.9 Å². The maximum Gasteiger partial charge on any atom is 0.261 e.